The normalized spacial score (nSPS) is 10.6. The summed E-state index contributed by atoms with van der Waals surface area (Å²) in [6.07, 6.45) is 1.76. The van der Waals surface area contributed by atoms with Crippen LogP contribution in [0.1, 0.15) is 19.0 Å². The molecule has 1 aromatic carbocycles. The molecule has 0 spiro atoms. The Balaban J connectivity index is 2.63. The standard InChI is InChI=1S/C13H15NO2/c1-3-5-11-12(15)8-9-10(14-11)6-4-7-13(9)16-2/h4,6-8,15H,3,5H2,1-2H3. The van der Waals surface area contributed by atoms with Crippen LogP contribution in [0.4, 0.5) is 0 Å². The highest BCUT2D eigenvalue weighted by Crippen LogP contribution is 2.29. The molecule has 0 fully saturated rings. The molecular weight excluding hydrogens is 202 g/mol. The maximum atomic E-state index is 9.84. The Morgan fingerprint density at radius 2 is 2.19 bits per heavy atom. The second-order valence-corrected chi connectivity index (χ2v) is 3.73. The van der Waals surface area contributed by atoms with E-state index in [1.165, 1.54) is 0 Å². The summed E-state index contributed by atoms with van der Waals surface area (Å²) in [7, 11) is 1.62. The van der Waals surface area contributed by atoms with E-state index in [1.807, 2.05) is 18.2 Å². The maximum Gasteiger partial charge on any atom is 0.137 e. The van der Waals surface area contributed by atoms with Gasteiger partial charge in [-0.2, -0.15) is 0 Å². The highest BCUT2D eigenvalue weighted by Gasteiger charge is 2.08. The molecule has 2 aromatic rings. The summed E-state index contributed by atoms with van der Waals surface area (Å²) in [4.78, 5) is 4.44. The second kappa shape index (κ2) is 4.39. The number of aryl methyl sites for hydroxylation is 1. The van der Waals surface area contributed by atoms with Crippen molar-refractivity contribution in [2.45, 2.75) is 19.8 Å². The second-order valence-electron chi connectivity index (χ2n) is 3.73. The molecule has 16 heavy (non-hydrogen) atoms. The van der Waals surface area contributed by atoms with E-state index in [0.717, 1.165) is 35.2 Å². The van der Waals surface area contributed by atoms with Crippen LogP contribution in [0.15, 0.2) is 24.3 Å². The van der Waals surface area contributed by atoms with E-state index in [0.29, 0.717) is 0 Å². The zero-order valence-electron chi connectivity index (χ0n) is 9.53. The van der Waals surface area contributed by atoms with Crippen molar-refractivity contribution in [3.8, 4) is 11.5 Å². The van der Waals surface area contributed by atoms with Crippen molar-refractivity contribution >= 4 is 10.9 Å². The van der Waals surface area contributed by atoms with Crippen molar-refractivity contribution in [2.75, 3.05) is 7.11 Å². The van der Waals surface area contributed by atoms with Crippen LogP contribution in [-0.2, 0) is 6.42 Å². The Labute approximate surface area is 94.7 Å². The van der Waals surface area contributed by atoms with Gasteiger partial charge in [0, 0.05) is 5.39 Å². The van der Waals surface area contributed by atoms with Gasteiger partial charge in [0.15, 0.2) is 0 Å². The first-order valence-electron chi connectivity index (χ1n) is 5.42. The van der Waals surface area contributed by atoms with Gasteiger partial charge in [0.2, 0.25) is 0 Å². The fourth-order valence-electron chi connectivity index (χ4n) is 1.80. The van der Waals surface area contributed by atoms with Crippen molar-refractivity contribution in [3.05, 3.63) is 30.0 Å². The molecule has 2 rings (SSSR count). The molecule has 0 aliphatic rings. The molecule has 0 bridgehead atoms. The number of fused-ring (bicyclic) bond motifs is 1. The van der Waals surface area contributed by atoms with Gasteiger partial charge in [-0.1, -0.05) is 19.4 Å². The summed E-state index contributed by atoms with van der Waals surface area (Å²) in [6, 6.07) is 7.42. The molecule has 0 aliphatic carbocycles. The Morgan fingerprint density at radius 3 is 2.88 bits per heavy atom. The molecular formula is C13H15NO2. The Morgan fingerprint density at radius 1 is 1.38 bits per heavy atom. The minimum Gasteiger partial charge on any atom is -0.506 e. The first kappa shape index (κ1) is 10.7. The summed E-state index contributed by atoms with van der Waals surface area (Å²) in [5.41, 5.74) is 1.61. The Bertz CT molecular complexity index is 509. The van der Waals surface area contributed by atoms with Crippen molar-refractivity contribution in [2.24, 2.45) is 0 Å². The average molecular weight is 217 g/mol. The molecule has 0 aliphatic heterocycles. The lowest BCUT2D eigenvalue weighted by atomic mass is 10.1. The topological polar surface area (TPSA) is 42.4 Å². The minimum atomic E-state index is 0.249. The van der Waals surface area contributed by atoms with Gasteiger partial charge in [-0.3, -0.25) is 0 Å². The third-order valence-corrected chi connectivity index (χ3v) is 2.58. The summed E-state index contributed by atoms with van der Waals surface area (Å²) >= 11 is 0. The first-order valence-corrected chi connectivity index (χ1v) is 5.42. The molecule has 3 heteroatoms. The first-order chi connectivity index (χ1) is 7.76. The van der Waals surface area contributed by atoms with Crippen molar-refractivity contribution in [1.82, 2.24) is 4.98 Å². The van der Waals surface area contributed by atoms with Crippen LogP contribution in [0.25, 0.3) is 10.9 Å². The van der Waals surface area contributed by atoms with E-state index in [9.17, 15) is 5.11 Å². The Kier molecular flexibility index (Phi) is 2.95. The summed E-state index contributed by atoms with van der Waals surface area (Å²) in [5, 5.41) is 10.7. The van der Waals surface area contributed by atoms with Crippen LogP contribution in [0, 0.1) is 0 Å². The Hall–Kier alpha value is -1.77. The third-order valence-electron chi connectivity index (χ3n) is 2.58. The van der Waals surface area contributed by atoms with Gasteiger partial charge in [-0.05, 0) is 24.6 Å². The molecule has 1 N–H and O–H groups in total. The fourth-order valence-corrected chi connectivity index (χ4v) is 1.80. The summed E-state index contributed by atoms with van der Waals surface area (Å²) in [5.74, 6) is 0.988. The van der Waals surface area contributed by atoms with E-state index < -0.39 is 0 Å². The molecule has 0 saturated heterocycles. The van der Waals surface area contributed by atoms with E-state index in [-0.39, 0.29) is 5.75 Å². The average Bonchev–Trinajstić information content (AvgIpc) is 2.30. The van der Waals surface area contributed by atoms with Gasteiger partial charge in [0.05, 0.1) is 18.3 Å². The van der Waals surface area contributed by atoms with Gasteiger partial charge in [-0.25, -0.2) is 4.98 Å². The molecule has 0 atom stereocenters. The number of pyridine rings is 1. The number of methoxy groups -OCH3 is 1. The van der Waals surface area contributed by atoms with Crippen LogP contribution in [0.3, 0.4) is 0 Å². The fraction of sp³-hybridized carbons (Fsp3) is 0.308. The molecule has 0 unspecified atom stereocenters. The largest absolute Gasteiger partial charge is 0.506 e. The predicted octanol–water partition coefficient (Wildman–Crippen LogP) is 2.90. The van der Waals surface area contributed by atoms with Crippen LogP contribution >= 0.6 is 0 Å². The van der Waals surface area contributed by atoms with Gasteiger partial charge >= 0.3 is 0 Å². The summed E-state index contributed by atoms with van der Waals surface area (Å²) in [6.45, 7) is 2.07. The van der Waals surface area contributed by atoms with E-state index >= 15 is 0 Å². The number of aromatic hydroxyl groups is 1. The predicted molar refractivity (Wildman–Crippen MR) is 64.0 cm³/mol. The quantitative estimate of drug-likeness (QED) is 0.859. The number of aromatic nitrogens is 1. The molecule has 0 radical (unpaired) electrons. The number of rotatable bonds is 3. The molecule has 0 amide bonds. The van der Waals surface area contributed by atoms with E-state index in [4.69, 9.17) is 4.74 Å². The number of hydrogen-bond acceptors (Lipinski definition) is 3. The van der Waals surface area contributed by atoms with E-state index in [1.54, 1.807) is 13.2 Å². The highest BCUT2D eigenvalue weighted by molar-refractivity contribution is 5.86. The lowest BCUT2D eigenvalue weighted by Crippen LogP contribution is -1.93. The van der Waals surface area contributed by atoms with Gasteiger partial charge < -0.3 is 9.84 Å². The van der Waals surface area contributed by atoms with Crippen molar-refractivity contribution < 1.29 is 9.84 Å². The van der Waals surface area contributed by atoms with Crippen molar-refractivity contribution in [1.29, 1.82) is 0 Å². The smallest absolute Gasteiger partial charge is 0.137 e. The van der Waals surface area contributed by atoms with E-state index in [2.05, 4.69) is 11.9 Å². The molecule has 84 valence electrons. The number of benzene rings is 1. The monoisotopic (exact) mass is 217 g/mol. The third kappa shape index (κ3) is 1.81. The number of ether oxygens (including phenoxy) is 1. The molecule has 0 saturated carbocycles. The zero-order valence-corrected chi connectivity index (χ0v) is 9.53. The van der Waals surface area contributed by atoms with Crippen LogP contribution in [0.5, 0.6) is 11.5 Å². The highest BCUT2D eigenvalue weighted by atomic mass is 16.5. The van der Waals surface area contributed by atoms with Gasteiger partial charge in [-0.15, -0.1) is 0 Å². The lowest BCUT2D eigenvalue weighted by Gasteiger charge is -2.08. The minimum absolute atomic E-state index is 0.249. The number of nitrogens with zero attached hydrogens (tertiary/aromatic N) is 1. The van der Waals surface area contributed by atoms with Crippen molar-refractivity contribution in [3.63, 3.8) is 0 Å². The van der Waals surface area contributed by atoms with Crippen LogP contribution < -0.4 is 4.74 Å². The SMILES string of the molecule is CCCc1nc2cccc(OC)c2cc1O. The molecule has 1 aromatic heterocycles. The lowest BCUT2D eigenvalue weighted by molar-refractivity contribution is 0.419. The number of hydrogen-bond donors (Lipinski definition) is 1. The van der Waals surface area contributed by atoms with Gasteiger partial charge in [0.1, 0.15) is 11.5 Å². The zero-order chi connectivity index (χ0) is 11.5. The summed E-state index contributed by atoms with van der Waals surface area (Å²) < 4.78 is 5.23. The molecule has 3 nitrogen and oxygen atoms in total. The maximum absolute atomic E-state index is 9.84. The van der Waals surface area contributed by atoms with Crippen LogP contribution in [0.2, 0.25) is 0 Å². The van der Waals surface area contributed by atoms with Gasteiger partial charge in [0.25, 0.3) is 0 Å². The van der Waals surface area contributed by atoms with Crippen LogP contribution in [-0.4, -0.2) is 17.2 Å². The molecule has 1 heterocycles.